The van der Waals surface area contributed by atoms with E-state index in [9.17, 15) is 9.59 Å². The Morgan fingerprint density at radius 3 is 2.64 bits per heavy atom. The minimum Gasteiger partial charge on any atom is -0.480 e. The number of rotatable bonds is 8. The summed E-state index contributed by atoms with van der Waals surface area (Å²) < 4.78 is 1.93. The number of hydrogen-bond acceptors (Lipinski definition) is 3. The van der Waals surface area contributed by atoms with E-state index in [4.69, 9.17) is 5.11 Å². The van der Waals surface area contributed by atoms with Crippen LogP contribution in [-0.2, 0) is 11.3 Å². The molecule has 2 rings (SSSR count). The summed E-state index contributed by atoms with van der Waals surface area (Å²) in [6, 6.07) is 0. The van der Waals surface area contributed by atoms with Crippen LogP contribution in [0.2, 0.25) is 0 Å². The maximum atomic E-state index is 12.7. The second kappa shape index (κ2) is 6.94. The number of carbonyl (C=O) groups excluding carboxylic acids is 1. The van der Waals surface area contributed by atoms with Crippen molar-refractivity contribution in [1.82, 2.24) is 14.7 Å². The van der Waals surface area contributed by atoms with Gasteiger partial charge in [-0.1, -0.05) is 20.8 Å². The summed E-state index contributed by atoms with van der Waals surface area (Å²) in [5, 5.41) is 13.4. The molecule has 1 saturated carbocycles. The number of carboxylic acid groups (broad SMARTS) is 1. The number of carbonyl (C=O) groups is 2. The van der Waals surface area contributed by atoms with E-state index in [0.29, 0.717) is 23.9 Å². The van der Waals surface area contributed by atoms with E-state index < -0.39 is 5.97 Å². The summed E-state index contributed by atoms with van der Waals surface area (Å²) in [6.07, 6.45) is 4.51. The highest BCUT2D eigenvalue weighted by Gasteiger charge is 2.34. The van der Waals surface area contributed by atoms with Gasteiger partial charge in [-0.3, -0.25) is 14.3 Å². The number of aliphatic carboxylic acids is 1. The number of nitrogens with zero attached hydrogens (tertiary/aromatic N) is 3. The first-order chi connectivity index (χ1) is 10.4. The van der Waals surface area contributed by atoms with E-state index in [2.05, 4.69) is 18.9 Å². The average molecular weight is 307 g/mol. The van der Waals surface area contributed by atoms with Gasteiger partial charge in [0.15, 0.2) is 0 Å². The molecule has 0 saturated heterocycles. The lowest BCUT2D eigenvalue weighted by Gasteiger charge is -2.20. The maximum Gasteiger partial charge on any atom is 0.323 e. The van der Waals surface area contributed by atoms with Crippen LogP contribution in [0.3, 0.4) is 0 Å². The first-order valence-electron chi connectivity index (χ1n) is 8.00. The SMILES string of the molecule is CCCN(CC(=O)O)C(=O)c1cnn(CC(C)C)c1C1CC1. The third-order valence-corrected chi connectivity index (χ3v) is 3.72. The van der Waals surface area contributed by atoms with Crippen molar-refractivity contribution in [3.63, 3.8) is 0 Å². The van der Waals surface area contributed by atoms with Crippen LogP contribution in [0, 0.1) is 5.92 Å². The van der Waals surface area contributed by atoms with Crippen LogP contribution < -0.4 is 0 Å². The van der Waals surface area contributed by atoms with Crippen molar-refractivity contribution in [2.75, 3.05) is 13.1 Å². The third kappa shape index (κ3) is 3.87. The van der Waals surface area contributed by atoms with Gasteiger partial charge in [0.1, 0.15) is 6.54 Å². The monoisotopic (exact) mass is 307 g/mol. The molecule has 0 unspecified atom stereocenters. The van der Waals surface area contributed by atoms with Gasteiger partial charge in [-0.05, 0) is 25.2 Å². The highest BCUT2D eigenvalue weighted by Crippen LogP contribution is 2.42. The van der Waals surface area contributed by atoms with E-state index in [1.807, 2.05) is 11.6 Å². The first kappa shape index (κ1) is 16.5. The second-order valence-electron chi connectivity index (χ2n) is 6.41. The first-order valence-corrected chi connectivity index (χ1v) is 8.00. The zero-order valence-corrected chi connectivity index (χ0v) is 13.6. The lowest BCUT2D eigenvalue weighted by Crippen LogP contribution is -2.36. The van der Waals surface area contributed by atoms with Crippen LogP contribution in [0.4, 0.5) is 0 Å². The van der Waals surface area contributed by atoms with Gasteiger partial charge in [0.2, 0.25) is 0 Å². The summed E-state index contributed by atoms with van der Waals surface area (Å²) in [5.74, 6) is -0.342. The van der Waals surface area contributed by atoms with Gasteiger partial charge in [-0.2, -0.15) is 5.10 Å². The fraction of sp³-hybridized carbons (Fsp3) is 0.688. The van der Waals surface area contributed by atoms with Crippen molar-refractivity contribution in [2.24, 2.45) is 5.92 Å². The fourth-order valence-corrected chi connectivity index (χ4v) is 2.69. The van der Waals surface area contributed by atoms with E-state index in [1.54, 1.807) is 6.20 Å². The molecule has 0 atom stereocenters. The molecule has 6 heteroatoms. The predicted octanol–water partition coefficient (Wildman–Crippen LogP) is 2.35. The minimum absolute atomic E-state index is 0.207. The minimum atomic E-state index is -0.982. The summed E-state index contributed by atoms with van der Waals surface area (Å²) >= 11 is 0. The standard InChI is InChI=1S/C16H25N3O3/c1-4-7-18(10-14(20)21)16(22)13-8-17-19(9-11(2)3)15(13)12-5-6-12/h8,11-12H,4-7,9-10H2,1-3H3,(H,20,21). The van der Waals surface area contributed by atoms with Crippen molar-refractivity contribution >= 4 is 11.9 Å². The van der Waals surface area contributed by atoms with Crippen molar-refractivity contribution in [2.45, 2.75) is 52.5 Å². The van der Waals surface area contributed by atoms with Crippen molar-refractivity contribution < 1.29 is 14.7 Å². The van der Waals surface area contributed by atoms with Crippen molar-refractivity contribution in [1.29, 1.82) is 0 Å². The van der Waals surface area contributed by atoms with Crippen LogP contribution in [0.5, 0.6) is 0 Å². The smallest absolute Gasteiger partial charge is 0.323 e. The number of hydrogen-bond donors (Lipinski definition) is 1. The van der Waals surface area contributed by atoms with Gasteiger partial charge < -0.3 is 10.0 Å². The molecule has 0 aliphatic heterocycles. The molecule has 1 fully saturated rings. The zero-order valence-electron chi connectivity index (χ0n) is 13.6. The number of amides is 1. The van der Waals surface area contributed by atoms with E-state index in [1.165, 1.54) is 4.90 Å². The van der Waals surface area contributed by atoms with E-state index in [0.717, 1.165) is 31.5 Å². The van der Waals surface area contributed by atoms with Crippen molar-refractivity contribution in [3.05, 3.63) is 17.5 Å². The molecule has 22 heavy (non-hydrogen) atoms. The van der Waals surface area contributed by atoms with Gasteiger partial charge >= 0.3 is 5.97 Å². The Hall–Kier alpha value is -1.85. The highest BCUT2D eigenvalue weighted by molar-refractivity contribution is 5.97. The lowest BCUT2D eigenvalue weighted by atomic mass is 10.1. The van der Waals surface area contributed by atoms with E-state index >= 15 is 0 Å². The van der Waals surface area contributed by atoms with Crippen LogP contribution in [0.25, 0.3) is 0 Å². The van der Waals surface area contributed by atoms with Gasteiger partial charge in [-0.25, -0.2) is 0 Å². The van der Waals surface area contributed by atoms with Gasteiger partial charge in [0.05, 0.1) is 17.5 Å². The maximum absolute atomic E-state index is 12.7. The molecule has 0 spiro atoms. The summed E-state index contributed by atoms with van der Waals surface area (Å²) in [4.78, 5) is 25.1. The molecule has 6 nitrogen and oxygen atoms in total. The van der Waals surface area contributed by atoms with Crippen LogP contribution in [-0.4, -0.2) is 44.8 Å². The Balaban J connectivity index is 2.27. The van der Waals surface area contributed by atoms with Gasteiger partial charge in [0, 0.05) is 19.0 Å². The predicted molar refractivity (Wildman–Crippen MR) is 82.9 cm³/mol. The largest absolute Gasteiger partial charge is 0.480 e. The molecule has 1 aliphatic rings. The molecule has 1 heterocycles. The summed E-state index contributed by atoms with van der Waals surface area (Å²) in [5.41, 5.74) is 1.57. The van der Waals surface area contributed by atoms with E-state index in [-0.39, 0.29) is 12.5 Å². The highest BCUT2D eigenvalue weighted by atomic mass is 16.4. The molecule has 0 aromatic carbocycles. The van der Waals surface area contributed by atoms with Crippen LogP contribution in [0.15, 0.2) is 6.20 Å². The fourth-order valence-electron chi connectivity index (χ4n) is 2.69. The Morgan fingerprint density at radius 2 is 2.14 bits per heavy atom. The van der Waals surface area contributed by atoms with Gasteiger partial charge in [0.25, 0.3) is 5.91 Å². The average Bonchev–Trinajstić information content (AvgIpc) is 3.18. The van der Waals surface area contributed by atoms with Crippen LogP contribution in [0.1, 0.15) is 62.0 Å². The molecule has 1 aliphatic carbocycles. The molecule has 0 radical (unpaired) electrons. The molecule has 1 aromatic heterocycles. The molecule has 1 N–H and O–H groups in total. The normalized spacial score (nSPS) is 14.4. The Morgan fingerprint density at radius 1 is 1.45 bits per heavy atom. The second-order valence-corrected chi connectivity index (χ2v) is 6.41. The Kier molecular flexibility index (Phi) is 5.21. The van der Waals surface area contributed by atoms with Crippen LogP contribution >= 0.6 is 0 Å². The zero-order chi connectivity index (χ0) is 16.3. The number of carboxylic acids is 1. The third-order valence-electron chi connectivity index (χ3n) is 3.72. The van der Waals surface area contributed by atoms with Crippen molar-refractivity contribution in [3.8, 4) is 0 Å². The topological polar surface area (TPSA) is 75.4 Å². The molecular weight excluding hydrogens is 282 g/mol. The lowest BCUT2D eigenvalue weighted by molar-refractivity contribution is -0.137. The molecule has 122 valence electrons. The quantitative estimate of drug-likeness (QED) is 0.800. The Bertz CT molecular complexity index is 547. The Labute approximate surface area is 131 Å². The molecular formula is C16H25N3O3. The molecule has 1 aromatic rings. The van der Waals surface area contributed by atoms with Gasteiger partial charge in [-0.15, -0.1) is 0 Å². The molecule has 1 amide bonds. The summed E-state index contributed by atoms with van der Waals surface area (Å²) in [6.45, 7) is 7.15. The molecule has 0 bridgehead atoms. The summed E-state index contributed by atoms with van der Waals surface area (Å²) in [7, 11) is 0. The number of aromatic nitrogens is 2.